The average Bonchev–Trinajstić information content (AvgIpc) is 2.79. The van der Waals surface area contributed by atoms with E-state index in [1.165, 1.54) is 11.2 Å². The van der Waals surface area contributed by atoms with Crippen molar-refractivity contribution in [3.8, 4) is 0 Å². The van der Waals surface area contributed by atoms with Gasteiger partial charge in [-0.05, 0) is 63.1 Å². The second kappa shape index (κ2) is 13.5. The number of nitrogens with one attached hydrogen (secondary N) is 2. The maximum absolute atomic E-state index is 13.2. The minimum Gasteiger partial charge on any atom is -0.444 e. The maximum Gasteiger partial charge on any atom is 0.408 e. The quantitative estimate of drug-likeness (QED) is 0.211. The van der Waals surface area contributed by atoms with Gasteiger partial charge in [0, 0.05) is 46.5 Å². The lowest BCUT2D eigenvalue weighted by Crippen LogP contribution is -2.47. The van der Waals surface area contributed by atoms with E-state index in [0.29, 0.717) is 34.9 Å². The smallest absolute Gasteiger partial charge is 0.408 e. The third-order valence-corrected chi connectivity index (χ3v) is 5.77. The van der Waals surface area contributed by atoms with Crippen LogP contribution in [0.5, 0.6) is 0 Å². The number of benzene rings is 2. The molecule has 0 bridgehead atoms. The Balaban J connectivity index is 2.20. The lowest BCUT2D eigenvalue weighted by molar-refractivity contribution is -0.118. The van der Waals surface area contributed by atoms with Crippen molar-refractivity contribution in [1.82, 2.24) is 10.3 Å². The molecule has 0 fully saturated rings. The monoisotopic (exact) mass is 581 g/mol. The number of rotatable bonds is 10. The predicted octanol–water partition coefficient (Wildman–Crippen LogP) is 3.99. The molecule has 0 spiro atoms. The summed E-state index contributed by atoms with van der Waals surface area (Å²) in [5.41, 5.74) is 7.52. The van der Waals surface area contributed by atoms with Crippen molar-refractivity contribution >= 4 is 50.9 Å². The molecule has 36 heavy (non-hydrogen) atoms. The molecule has 2 rings (SSSR count). The van der Waals surface area contributed by atoms with Gasteiger partial charge in [0.2, 0.25) is 5.91 Å². The van der Waals surface area contributed by atoms with Crippen LogP contribution < -0.4 is 22.2 Å². The number of alkyl carbamates (subject to hydrolysis) is 1. The molecule has 1 unspecified atom stereocenters. The standard InChI is InChI=1S/C25H33BrClN5O4/c1-25(2,3)36-24(35)31-21(14-17-13-18(26)7-10-20(17)27)23(34)30-19-8-5-16(6-9-19)22(15-28)32(29)11-4-12-33/h5-10,13,15,21,33H,4,11-12,14,28-29H2,1-3H3,(H,30,34)(H,31,35)/b22-15-. The fraction of sp³-hybridized carbons (Fsp3) is 0.360. The van der Waals surface area contributed by atoms with Crippen LogP contribution in [-0.4, -0.2) is 46.9 Å². The largest absolute Gasteiger partial charge is 0.444 e. The number of hydrazine groups is 1. The molecule has 0 aliphatic carbocycles. The van der Waals surface area contributed by atoms with Gasteiger partial charge >= 0.3 is 6.09 Å². The Bertz CT molecular complexity index is 1070. The van der Waals surface area contributed by atoms with Gasteiger partial charge < -0.3 is 31.2 Å². The van der Waals surface area contributed by atoms with Gasteiger partial charge in [-0.25, -0.2) is 10.6 Å². The molecule has 0 heterocycles. The second-order valence-corrected chi connectivity index (χ2v) is 10.4. The summed E-state index contributed by atoms with van der Waals surface area (Å²) >= 11 is 9.73. The van der Waals surface area contributed by atoms with E-state index in [1.54, 1.807) is 63.2 Å². The second-order valence-electron chi connectivity index (χ2n) is 9.03. The van der Waals surface area contributed by atoms with E-state index in [2.05, 4.69) is 26.6 Å². The first-order chi connectivity index (χ1) is 16.9. The van der Waals surface area contributed by atoms with Gasteiger partial charge in [0.25, 0.3) is 0 Å². The van der Waals surface area contributed by atoms with Crippen molar-refractivity contribution in [2.45, 2.75) is 45.3 Å². The van der Waals surface area contributed by atoms with Crippen molar-refractivity contribution in [3.63, 3.8) is 0 Å². The molecule has 7 N–H and O–H groups in total. The van der Waals surface area contributed by atoms with Crippen molar-refractivity contribution in [1.29, 1.82) is 0 Å². The molecule has 2 aromatic carbocycles. The number of aliphatic hydroxyl groups excluding tert-OH is 1. The van der Waals surface area contributed by atoms with E-state index in [0.717, 1.165) is 10.0 Å². The number of hydrogen-bond acceptors (Lipinski definition) is 7. The number of anilines is 1. The third-order valence-electron chi connectivity index (χ3n) is 4.91. The summed E-state index contributed by atoms with van der Waals surface area (Å²) in [7, 11) is 0. The number of halogens is 2. The third kappa shape index (κ3) is 9.34. The number of hydrogen-bond donors (Lipinski definition) is 5. The summed E-state index contributed by atoms with van der Waals surface area (Å²) in [5.74, 6) is 5.59. The van der Waals surface area contributed by atoms with Gasteiger partial charge in [0.05, 0.1) is 5.70 Å². The molecule has 0 aliphatic rings. The van der Waals surface area contributed by atoms with Crippen LogP contribution in [0.3, 0.4) is 0 Å². The lowest BCUT2D eigenvalue weighted by Gasteiger charge is -2.24. The van der Waals surface area contributed by atoms with E-state index in [1.807, 2.05) is 0 Å². The molecule has 196 valence electrons. The molecular weight excluding hydrogens is 550 g/mol. The normalized spacial score (nSPS) is 12.6. The molecule has 2 aromatic rings. The van der Waals surface area contributed by atoms with E-state index in [9.17, 15) is 9.59 Å². The fourth-order valence-corrected chi connectivity index (χ4v) is 3.85. The number of carbonyl (C=O) groups is 2. The first-order valence-corrected chi connectivity index (χ1v) is 12.5. The van der Waals surface area contributed by atoms with Crippen molar-refractivity contribution in [2.24, 2.45) is 11.6 Å². The van der Waals surface area contributed by atoms with Gasteiger partial charge in [-0.15, -0.1) is 0 Å². The summed E-state index contributed by atoms with van der Waals surface area (Å²) in [6.07, 6.45) is 1.31. The molecule has 0 saturated carbocycles. The Morgan fingerprint density at radius 3 is 2.47 bits per heavy atom. The zero-order chi connectivity index (χ0) is 26.9. The minimum atomic E-state index is -0.955. The van der Waals surface area contributed by atoms with Crippen LogP contribution in [-0.2, 0) is 16.0 Å². The lowest BCUT2D eigenvalue weighted by atomic mass is 10.0. The van der Waals surface area contributed by atoms with Crippen molar-refractivity contribution in [2.75, 3.05) is 18.5 Å². The number of amides is 2. The van der Waals surface area contributed by atoms with E-state index in [-0.39, 0.29) is 13.0 Å². The van der Waals surface area contributed by atoms with Crippen LogP contribution >= 0.6 is 27.5 Å². The summed E-state index contributed by atoms with van der Waals surface area (Å²) in [5, 5.41) is 16.4. The SMILES string of the molecule is CC(C)(C)OC(=O)NC(Cc1cc(Br)ccc1Cl)C(=O)Nc1ccc(/C(=C/N)N(N)CCCO)cc1. The van der Waals surface area contributed by atoms with Gasteiger partial charge in [0.15, 0.2) is 0 Å². The average molecular weight is 583 g/mol. The fourth-order valence-electron chi connectivity index (χ4n) is 3.25. The van der Waals surface area contributed by atoms with Crippen LogP contribution in [0.2, 0.25) is 5.02 Å². The predicted molar refractivity (Wildman–Crippen MR) is 146 cm³/mol. The van der Waals surface area contributed by atoms with Crippen molar-refractivity contribution in [3.05, 3.63) is 69.3 Å². The molecule has 2 amide bonds. The number of aliphatic hydroxyl groups is 1. The highest BCUT2D eigenvalue weighted by Gasteiger charge is 2.26. The zero-order valence-electron chi connectivity index (χ0n) is 20.6. The maximum atomic E-state index is 13.2. The zero-order valence-corrected chi connectivity index (χ0v) is 22.9. The molecule has 11 heteroatoms. The van der Waals surface area contributed by atoms with E-state index >= 15 is 0 Å². The van der Waals surface area contributed by atoms with Crippen LogP contribution in [0.1, 0.15) is 38.3 Å². The van der Waals surface area contributed by atoms with Gasteiger partial charge in [-0.3, -0.25) is 4.79 Å². The number of nitrogens with two attached hydrogens (primary N) is 2. The summed E-state index contributed by atoms with van der Waals surface area (Å²) in [6.45, 7) is 5.66. The first-order valence-electron chi connectivity index (χ1n) is 11.3. The van der Waals surface area contributed by atoms with Gasteiger partial charge in [0.1, 0.15) is 11.6 Å². The van der Waals surface area contributed by atoms with Crippen molar-refractivity contribution < 1.29 is 19.4 Å². The minimum absolute atomic E-state index is 0.0141. The Labute approximate surface area is 224 Å². The topological polar surface area (TPSA) is 143 Å². The molecular formula is C25H33BrClN5O4. The van der Waals surface area contributed by atoms with Crippen LogP contribution in [0.25, 0.3) is 5.70 Å². The highest BCUT2D eigenvalue weighted by atomic mass is 79.9. The van der Waals surface area contributed by atoms with Gasteiger partial charge in [-0.2, -0.15) is 0 Å². The summed E-state index contributed by atoms with van der Waals surface area (Å²) < 4.78 is 6.14. The Morgan fingerprint density at radius 1 is 1.22 bits per heavy atom. The molecule has 0 aromatic heterocycles. The number of carbonyl (C=O) groups excluding carboxylic acids is 2. The molecule has 0 aliphatic heterocycles. The van der Waals surface area contributed by atoms with E-state index < -0.39 is 23.6 Å². The number of ether oxygens (including phenoxy) is 1. The highest BCUT2D eigenvalue weighted by molar-refractivity contribution is 9.10. The van der Waals surface area contributed by atoms with Crippen LogP contribution in [0.15, 0.2) is 53.1 Å². The van der Waals surface area contributed by atoms with Crippen LogP contribution in [0.4, 0.5) is 10.5 Å². The number of nitrogens with zero attached hydrogens (tertiary/aromatic N) is 1. The highest BCUT2D eigenvalue weighted by Crippen LogP contribution is 2.23. The Morgan fingerprint density at radius 2 is 1.89 bits per heavy atom. The van der Waals surface area contributed by atoms with Crippen LogP contribution in [0, 0.1) is 0 Å². The summed E-state index contributed by atoms with van der Waals surface area (Å²) in [4.78, 5) is 25.7. The Kier molecular flexibility index (Phi) is 11.0. The van der Waals surface area contributed by atoms with E-state index in [4.69, 9.17) is 33.0 Å². The molecule has 9 nitrogen and oxygen atoms in total. The first kappa shape index (κ1) is 29.4. The molecule has 1 atom stereocenters. The molecule has 0 saturated heterocycles. The summed E-state index contributed by atoms with van der Waals surface area (Å²) in [6, 6.07) is 11.3. The Hall–Kier alpha value is -2.79. The van der Waals surface area contributed by atoms with Gasteiger partial charge in [-0.1, -0.05) is 39.7 Å². The molecule has 0 radical (unpaired) electrons.